The minimum atomic E-state index is 0.102. The van der Waals surface area contributed by atoms with E-state index in [1.54, 1.807) is 19.5 Å². The topological polar surface area (TPSA) is 47.1 Å². The Morgan fingerprint density at radius 3 is 2.57 bits per heavy atom. The number of hydrogen-bond donors (Lipinski definition) is 1. The van der Waals surface area contributed by atoms with Gasteiger partial charge in [-0.1, -0.05) is 26.8 Å². The van der Waals surface area contributed by atoms with E-state index >= 15 is 0 Å². The predicted molar refractivity (Wildman–Crippen MR) is 85.5 cm³/mol. The Bertz CT molecular complexity index is 596. The predicted octanol–water partition coefficient (Wildman–Crippen LogP) is 4.01. The van der Waals surface area contributed by atoms with Crippen LogP contribution in [0.15, 0.2) is 30.6 Å². The quantitative estimate of drug-likeness (QED) is 0.903. The second-order valence-corrected chi connectivity index (χ2v) is 6.03. The normalized spacial score (nSPS) is 11.8. The van der Waals surface area contributed by atoms with E-state index < -0.39 is 0 Å². The standard InChI is InChI=1S/C17H22N2O2/c1-17(2,3)12-21-15-7-5-6-14(20-4)13(15)8-9-16-18-10-11-19-16/h5-11H,12H2,1-4H3,(H,18,19)/b9-8+. The Hall–Kier alpha value is -2.23. The summed E-state index contributed by atoms with van der Waals surface area (Å²) in [5.41, 5.74) is 1.02. The maximum Gasteiger partial charge on any atom is 0.130 e. The first-order chi connectivity index (χ1) is 9.99. The molecule has 0 fully saturated rings. The van der Waals surface area contributed by atoms with E-state index in [0.717, 1.165) is 22.9 Å². The first-order valence-corrected chi connectivity index (χ1v) is 6.97. The molecule has 0 unspecified atom stereocenters. The molecule has 0 saturated carbocycles. The monoisotopic (exact) mass is 286 g/mol. The average molecular weight is 286 g/mol. The van der Waals surface area contributed by atoms with Gasteiger partial charge in [-0.25, -0.2) is 4.98 Å². The van der Waals surface area contributed by atoms with Gasteiger partial charge in [-0.3, -0.25) is 0 Å². The summed E-state index contributed by atoms with van der Waals surface area (Å²) in [6.07, 6.45) is 7.37. The van der Waals surface area contributed by atoms with E-state index in [2.05, 4.69) is 30.7 Å². The van der Waals surface area contributed by atoms with Crippen molar-refractivity contribution >= 4 is 12.2 Å². The molecule has 0 aliphatic carbocycles. The number of benzene rings is 1. The number of rotatable bonds is 5. The first-order valence-electron chi connectivity index (χ1n) is 6.97. The van der Waals surface area contributed by atoms with Crippen molar-refractivity contribution in [1.82, 2.24) is 9.97 Å². The molecule has 1 N–H and O–H groups in total. The van der Waals surface area contributed by atoms with E-state index in [9.17, 15) is 0 Å². The maximum atomic E-state index is 5.95. The van der Waals surface area contributed by atoms with Crippen LogP contribution in [0.25, 0.3) is 12.2 Å². The van der Waals surface area contributed by atoms with Crippen LogP contribution in [0.3, 0.4) is 0 Å². The zero-order chi connectivity index (χ0) is 15.3. The molecule has 0 aliphatic heterocycles. The first kappa shape index (κ1) is 15.2. The molecule has 1 heterocycles. The van der Waals surface area contributed by atoms with Crippen LogP contribution in [-0.4, -0.2) is 23.7 Å². The van der Waals surface area contributed by atoms with E-state index in [1.165, 1.54) is 0 Å². The van der Waals surface area contributed by atoms with E-state index in [0.29, 0.717) is 6.61 Å². The minimum Gasteiger partial charge on any atom is -0.496 e. The summed E-state index contributed by atoms with van der Waals surface area (Å²) in [7, 11) is 1.66. The zero-order valence-corrected chi connectivity index (χ0v) is 13.0. The lowest BCUT2D eigenvalue weighted by atomic mass is 9.98. The number of nitrogens with one attached hydrogen (secondary N) is 1. The van der Waals surface area contributed by atoms with Crippen molar-refractivity contribution in [3.05, 3.63) is 42.0 Å². The number of aromatic nitrogens is 2. The zero-order valence-electron chi connectivity index (χ0n) is 13.0. The maximum absolute atomic E-state index is 5.95. The van der Waals surface area contributed by atoms with Crippen molar-refractivity contribution in [2.45, 2.75) is 20.8 Å². The number of aromatic amines is 1. The lowest BCUT2D eigenvalue weighted by molar-refractivity contribution is 0.197. The van der Waals surface area contributed by atoms with Crippen molar-refractivity contribution in [2.75, 3.05) is 13.7 Å². The molecule has 0 atom stereocenters. The van der Waals surface area contributed by atoms with Crippen LogP contribution in [0.4, 0.5) is 0 Å². The number of H-pyrrole nitrogens is 1. The van der Waals surface area contributed by atoms with Gasteiger partial charge in [0.05, 0.1) is 19.3 Å². The van der Waals surface area contributed by atoms with Crippen LogP contribution in [-0.2, 0) is 0 Å². The lowest BCUT2D eigenvalue weighted by Crippen LogP contribution is -2.17. The van der Waals surface area contributed by atoms with Crippen molar-refractivity contribution in [2.24, 2.45) is 5.41 Å². The molecule has 112 valence electrons. The van der Waals surface area contributed by atoms with Crippen molar-refractivity contribution < 1.29 is 9.47 Å². The van der Waals surface area contributed by atoms with Gasteiger partial charge >= 0.3 is 0 Å². The number of nitrogens with zero attached hydrogens (tertiary/aromatic N) is 1. The van der Waals surface area contributed by atoms with Gasteiger partial charge in [-0.05, 0) is 29.7 Å². The Labute approximate surface area is 125 Å². The number of imidazole rings is 1. The van der Waals surface area contributed by atoms with Crippen molar-refractivity contribution in [3.63, 3.8) is 0 Å². The summed E-state index contributed by atoms with van der Waals surface area (Å²) in [5, 5.41) is 0. The molecule has 0 spiro atoms. The molecule has 2 rings (SSSR count). The Balaban J connectivity index is 2.27. The summed E-state index contributed by atoms with van der Waals surface area (Å²) >= 11 is 0. The second kappa shape index (κ2) is 6.48. The molecule has 4 nitrogen and oxygen atoms in total. The summed E-state index contributed by atoms with van der Waals surface area (Å²) < 4.78 is 11.4. The molecule has 0 aliphatic rings. The van der Waals surface area contributed by atoms with E-state index in [-0.39, 0.29) is 5.41 Å². The van der Waals surface area contributed by atoms with Crippen LogP contribution >= 0.6 is 0 Å². The summed E-state index contributed by atoms with van der Waals surface area (Å²) in [6, 6.07) is 5.81. The molecular formula is C17H22N2O2. The molecule has 0 radical (unpaired) electrons. The summed E-state index contributed by atoms with van der Waals surface area (Å²) in [4.78, 5) is 7.22. The van der Waals surface area contributed by atoms with Gasteiger partial charge in [0.1, 0.15) is 17.3 Å². The molecule has 1 aromatic carbocycles. The van der Waals surface area contributed by atoms with Gasteiger partial charge in [-0.2, -0.15) is 0 Å². The van der Waals surface area contributed by atoms with Crippen LogP contribution < -0.4 is 9.47 Å². The van der Waals surface area contributed by atoms with Crippen LogP contribution in [0.2, 0.25) is 0 Å². The Kier molecular flexibility index (Phi) is 4.68. The van der Waals surface area contributed by atoms with Gasteiger partial charge in [0.25, 0.3) is 0 Å². The molecule has 0 amide bonds. The number of methoxy groups -OCH3 is 1. The lowest BCUT2D eigenvalue weighted by Gasteiger charge is -2.20. The third kappa shape index (κ3) is 4.38. The van der Waals surface area contributed by atoms with Crippen molar-refractivity contribution in [3.8, 4) is 11.5 Å². The fraction of sp³-hybridized carbons (Fsp3) is 0.353. The molecule has 1 aromatic heterocycles. The minimum absolute atomic E-state index is 0.102. The Morgan fingerprint density at radius 1 is 1.19 bits per heavy atom. The fourth-order valence-corrected chi connectivity index (χ4v) is 1.82. The second-order valence-electron chi connectivity index (χ2n) is 6.03. The molecule has 0 bridgehead atoms. The van der Waals surface area contributed by atoms with Gasteiger partial charge in [-0.15, -0.1) is 0 Å². The highest BCUT2D eigenvalue weighted by atomic mass is 16.5. The van der Waals surface area contributed by atoms with Crippen LogP contribution in [0.5, 0.6) is 11.5 Å². The number of ether oxygens (including phenoxy) is 2. The number of hydrogen-bond acceptors (Lipinski definition) is 3. The van der Waals surface area contributed by atoms with Crippen molar-refractivity contribution in [1.29, 1.82) is 0 Å². The van der Waals surface area contributed by atoms with Crippen LogP contribution in [0.1, 0.15) is 32.2 Å². The highest BCUT2D eigenvalue weighted by molar-refractivity contribution is 5.74. The smallest absolute Gasteiger partial charge is 0.130 e. The third-order valence-corrected chi connectivity index (χ3v) is 2.83. The van der Waals surface area contributed by atoms with E-state index in [4.69, 9.17) is 9.47 Å². The van der Waals surface area contributed by atoms with E-state index in [1.807, 2.05) is 30.4 Å². The highest BCUT2D eigenvalue weighted by Crippen LogP contribution is 2.31. The third-order valence-electron chi connectivity index (χ3n) is 2.83. The van der Waals surface area contributed by atoms with Gasteiger partial charge in [0.2, 0.25) is 0 Å². The summed E-state index contributed by atoms with van der Waals surface area (Å²) in [6.45, 7) is 7.07. The van der Waals surface area contributed by atoms with Crippen LogP contribution in [0, 0.1) is 5.41 Å². The van der Waals surface area contributed by atoms with Gasteiger partial charge in [0.15, 0.2) is 0 Å². The fourth-order valence-electron chi connectivity index (χ4n) is 1.82. The molecular weight excluding hydrogens is 264 g/mol. The highest BCUT2D eigenvalue weighted by Gasteiger charge is 2.14. The Morgan fingerprint density at radius 2 is 1.95 bits per heavy atom. The van der Waals surface area contributed by atoms with Gasteiger partial charge in [0, 0.05) is 12.4 Å². The molecule has 21 heavy (non-hydrogen) atoms. The molecule has 4 heteroatoms. The molecule has 2 aromatic rings. The SMILES string of the molecule is COc1cccc(OCC(C)(C)C)c1/C=C/c1ncc[nH]1. The summed E-state index contributed by atoms with van der Waals surface area (Å²) in [5.74, 6) is 2.39. The molecule has 0 saturated heterocycles. The largest absolute Gasteiger partial charge is 0.496 e. The average Bonchev–Trinajstić information content (AvgIpc) is 2.95. The van der Waals surface area contributed by atoms with Gasteiger partial charge < -0.3 is 14.5 Å².